The van der Waals surface area contributed by atoms with Crippen molar-refractivity contribution in [3.8, 4) is 11.5 Å². The molecule has 2 heterocycles. The van der Waals surface area contributed by atoms with Gasteiger partial charge in [0.2, 0.25) is 0 Å². The van der Waals surface area contributed by atoms with E-state index in [-0.39, 0.29) is 36.1 Å². The van der Waals surface area contributed by atoms with Gasteiger partial charge < -0.3 is 19.8 Å². The number of aliphatic hydroxyl groups is 1. The van der Waals surface area contributed by atoms with Crippen LogP contribution in [0.3, 0.4) is 0 Å². The smallest absolute Gasteiger partial charge is 0.254 e. The van der Waals surface area contributed by atoms with E-state index >= 15 is 0 Å². The molecule has 37 heavy (non-hydrogen) atoms. The number of aromatic hydroxyl groups is 1. The van der Waals surface area contributed by atoms with Gasteiger partial charge in [0.05, 0.1) is 27.1 Å². The number of rotatable bonds is 4. The van der Waals surface area contributed by atoms with E-state index in [1.54, 1.807) is 36.2 Å². The highest BCUT2D eigenvalue weighted by Crippen LogP contribution is 2.66. The Morgan fingerprint density at radius 3 is 2.68 bits per heavy atom. The molecule has 9 heteroatoms. The Kier molecular flexibility index (Phi) is 5.98. The van der Waals surface area contributed by atoms with Gasteiger partial charge in [-0.15, -0.1) is 12.4 Å². The van der Waals surface area contributed by atoms with Crippen molar-refractivity contribution in [1.29, 1.82) is 0 Å². The molecule has 1 saturated heterocycles. The van der Waals surface area contributed by atoms with Crippen molar-refractivity contribution in [2.75, 3.05) is 20.1 Å². The van der Waals surface area contributed by atoms with E-state index in [1.165, 1.54) is 12.8 Å². The summed E-state index contributed by atoms with van der Waals surface area (Å²) >= 11 is 12.3. The van der Waals surface area contributed by atoms with Crippen LogP contribution in [0, 0.1) is 5.92 Å². The average Bonchev–Trinajstić information content (AvgIpc) is 3.60. The number of hydrogen-bond acceptors (Lipinski definition) is 5. The van der Waals surface area contributed by atoms with Gasteiger partial charge in [0.25, 0.3) is 5.91 Å². The number of benzene rings is 2. The van der Waals surface area contributed by atoms with Crippen LogP contribution in [-0.4, -0.2) is 69.8 Å². The first-order chi connectivity index (χ1) is 17.2. The molecule has 2 aromatic rings. The van der Waals surface area contributed by atoms with Crippen LogP contribution in [0.25, 0.3) is 0 Å². The molecule has 3 fully saturated rings. The molecule has 5 aliphatic rings. The first-order valence-corrected chi connectivity index (χ1v) is 13.7. The Morgan fingerprint density at radius 2 is 1.95 bits per heavy atom. The molecule has 3 aliphatic carbocycles. The van der Waals surface area contributed by atoms with Gasteiger partial charge in [0.1, 0.15) is 6.10 Å². The van der Waals surface area contributed by atoms with Crippen molar-refractivity contribution in [2.45, 2.75) is 67.7 Å². The predicted molar refractivity (Wildman–Crippen MR) is 144 cm³/mol. The molecule has 1 amide bonds. The summed E-state index contributed by atoms with van der Waals surface area (Å²) in [6.07, 6.45) is 4.80. The van der Waals surface area contributed by atoms with Crippen molar-refractivity contribution >= 4 is 41.5 Å². The van der Waals surface area contributed by atoms with Crippen molar-refractivity contribution in [1.82, 2.24) is 9.80 Å². The van der Waals surface area contributed by atoms with Crippen LogP contribution >= 0.6 is 35.6 Å². The van der Waals surface area contributed by atoms with Crippen LogP contribution < -0.4 is 4.74 Å². The molecule has 2 N–H and O–H groups in total. The number of carbonyl (C=O) groups is 1. The molecule has 2 aromatic carbocycles. The minimum absolute atomic E-state index is 0. The van der Waals surface area contributed by atoms with Crippen molar-refractivity contribution in [3.63, 3.8) is 0 Å². The number of hydrogen-bond donors (Lipinski definition) is 2. The molecular weight excluding hydrogens is 535 g/mol. The molecule has 198 valence electrons. The van der Waals surface area contributed by atoms with E-state index in [0.29, 0.717) is 34.2 Å². The molecule has 0 aromatic heterocycles. The number of amides is 1. The van der Waals surface area contributed by atoms with Crippen LogP contribution in [0.2, 0.25) is 10.0 Å². The molecule has 7 rings (SSSR count). The summed E-state index contributed by atoms with van der Waals surface area (Å²) in [4.78, 5) is 17.8. The minimum atomic E-state index is -0.971. The number of likely N-dealkylation sites (tertiary alicyclic amines) is 1. The van der Waals surface area contributed by atoms with E-state index in [9.17, 15) is 15.0 Å². The molecule has 2 saturated carbocycles. The van der Waals surface area contributed by atoms with Gasteiger partial charge in [0, 0.05) is 30.8 Å². The summed E-state index contributed by atoms with van der Waals surface area (Å²) < 4.78 is 6.60. The van der Waals surface area contributed by atoms with Crippen LogP contribution in [0.4, 0.5) is 0 Å². The number of carbonyl (C=O) groups excluding carboxylic acids is 1. The molecule has 2 aliphatic heterocycles. The van der Waals surface area contributed by atoms with Crippen molar-refractivity contribution < 1.29 is 19.7 Å². The van der Waals surface area contributed by atoms with Crippen LogP contribution in [-0.2, 0) is 11.8 Å². The number of piperidine rings is 1. The SMILES string of the molecule is CN(C(=O)c1ccc(Cl)c(Cl)c1)[C@H]1CC[C@@]2(O)[C@H]3Cc4ccc(O)c5c4[C@@]2(CCN3CC2CC2)[C@H]1O5.Cl. The topological polar surface area (TPSA) is 73.2 Å². The van der Waals surface area contributed by atoms with E-state index < -0.39 is 17.1 Å². The van der Waals surface area contributed by atoms with Gasteiger partial charge in [0.15, 0.2) is 11.5 Å². The van der Waals surface area contributed by atoms with Crippen molar-refractivity contribution in [2.24, 2.45) is 5.92 Å². The Labute approximate surface area is 232 Å². The summed E-state index contributed by atoms with van der Waals surface area (Å²) in [7, 11) is 1.80. The lowest BCUT2D eigenvalue weighted by Gasteiger charge is -2.64. The second kappa shape index (κ2) is 8.65. The summed E-state index contributed by atoms with van der Waals surface area (Å²) in [5.74, 6) is 1.17. The first-order valence-electron chi connectivity index (χ1n) is 13.0. The zero-order chi connectivity index (χ0) is 25.0. The Balaban J connectivity index is 0.00000252. The zero-order valence-electron chi connectivity index (χ0n) is 20.6. The van der Waals surface area contributed by atoms with Gasteiger partial charge in [-0.3, -0.25) is 9.69 Å². The predicted octanol–water partition coefficient (Wildman–Crippen LogP) is 4.83. The maximum Gasteiger partial charge on any atom is 0.254 e. The maximum atomic E-state index is 13.6. The number of likely N-dealkylation sites (N-methyl/N-ethyl adjacent to an activating group) is 1. The third-order valence-electron chi connectivity index (χ3n) is 9.72. The monoisotopic (exact) mass is 564 g/mol. The van der Waals surface area contributed by atoms with Gasteiger partial charge in [-0.05, 0) is 80.8 Å². The number of phenolic OH excluding ortho intramolecular Hbond substituents is 1. The summed E-state index contributed by atoms with van der Waals surface area (Å²) in [5, 5.41) is 24.1. The normalized spacial score (nSPS) is 33.2. The molecule has 5 atom stereocenters. The highest BCUT2D eigenvalue weighted by Gasteiger charge is 2.73. The van der Waals surface area contributed by atoms with E-state index in [2.05, 4.69) is 4.90 Å². The van der Waals surface area contributed by atoms with Gasteiger partial charge in [-0.1, -0.05) is 29.3 Å². The molecule has 2 bridgehead atoms. The first kappa shape index (κ1) is 25.6. The second-order valence-electron chi connectivity index (χ2n) is 11.4. The lowest BCUT2D eigenvalue weighted by atomic mass is 9.48. The summed E-state index contributed by atoms with van der Waals surface area (Å²) in [6, 6.07) is 8.39. The fourth-order valence-electron chi connectivity index (χ4n) is 7.84. The fourth-order valence-corrected chi connectivity index (χ4v) is 8.13. The van der Waals surface area contributed by atoms with Crippen molar-refractivity contribution in [3.05, 3.63) is 57.1 Å². The molecule has 1 spiro atoms. The molecule has 0 unspecified atom stereocenters. The Hall–Kier alpha value is -1.70. The molecule has 6 nitrogen and oxygen atoms in total. The fraction of sp³-hybridized carbons (Fsp3) is 0.536. The lowest BCUT2D eigenvalue weighted by molar-refractivity contribution is -0.197. The van der Waals surface area contributed by atoms with Gasteiger partial charge in [-0.25, -0.2) is 0 Å². The summed E-state index contributed by atoms with van der Waals surface area (Å²) in [5.41, 5.74) is 0.956. The lowest BCUT2D eigenvalue weighted by Crippen LogP contribution is -2.78. The maximum absolute atomic E-state index is 13.6. The second-order valence-corrected chi connectivity index (χ2v) is 12.3. The Morgan fingerprint density at radius 1 is 1.16 bits per heavy atom. The largest absolute Gasteiger partial charge is 0.504 e. The Bertz CT molecular complexity index is 1290. The van der Waals surface area contributed by atoms with Crippen LogP contribution in [0.5, 0.6) is 11.5 Å². The van der Waals surface area contributed by atoms with Crippen LogP contribution in [0.1, 0.15) is 53.6 Å². The highest BCUT2D eigenvalue weighted by molar-refractivity contribution is 6.42. The number of halogens is 3. The molecular formula is C28H31Cl3N2O4. The zero-order valence-corrected chi connectivity index (χ0v) is 23.0. The van der Waals surface area contributed by atoms with Gasteiger partial charge in [-0.2, -0.15) is 0 Å². The number of nitrogens with zero attached hydrogens (tertiary/aromatic N) is 2. The average molecular weight is 566 g/mol. The number of phenols is 1. The standard InChI is InChI=1S/C28H30Cl2N2O4.ClH/c1-31(26(34)17-4-6-18(29)19(30)12-17)20-8-9-28(35)22-13-16-5-7-21(33)24-23(16)27(28,25(20)36-24)10-11-32(22)14-15-2-3-15;/h4-7,12,15,20,22,25,33,35H,2-3,8-11,13-14H2,1H3;1H/t20-,22+,25-,27-,28+;/m0./s1. The van der Waals surface area contributed by atoms with E-state index in [4.69, 9.17) is 27.9 Å². The highest BCUT2D eigenvalue weighted by atomic mass is 35.5. The quantitative estimate of drug-likeness (QED) is 0.556. The van der Waals surface area contributed by atoms with E-state index in [1.807, 2.05) is 6.07 Å². The third kappa shape index (κ3) is 3.42. The summed E-state index contributed by atoms with van der Waals surface area (Å²) in [6.45, 7) is 1.92. The molecule has 0 radical (unpaired) electrons. The third-order valence-corrected chi connectivity index (χ3v) is 10.5. The van der Waals surface area contributed by atoms with Gasteiger partial charge >= 0.3 is 0 Å². The van der Waals surface area contributed by atoms with E-state index in [0.717, 1.165) is 43.0 Å². The minimum Gasteiger partial charge on any atom is -0.504 e. The number of ether oxygens (including phenoxy) is 1. The van der Waals surface area contributed by atoms with Crippen LogP contribution in [0.15, 0.2) is 30.3 Å².